The van der Waals surface area contributed by atoms with Gasteiger partial charge in [-0.25, -0.2) is 0 Å². The first-order valence-corrected chi connectivity index (χ1v) is 5.69. The van der Waals surface area contributed by atoms with Gasteiger partial charge in [-0.1, -0.05) is 45.9 Å². The Morgan fingerprint density at radius 1 is 1.27 bits per heavy atom. The third kappa shape index (κ3) is 2.60. The molecule has 1 aromatic carbocycles. The van der Waals surface area contributed by atoms with E-state index in [1.165, 1.54) is 16.7 Å². The van der Waals surface area contributed by atoms with Crippen LogP contribution in [-0.4, -0.2) is 6.54 Å². The molecule has 0 amide bonds. The van der Waals surface area contributed by atoms with Crippen LogP contribution >= 0.6 is 0 Å². The molecule has 0 unspecified atom stereocenters. The molecule has 84 valence electrons. The van der Waals surface area contributed by atoms with Crippen LogP contribution in [0.4, 0.5) is 0 Å². The number of benzene rings is 1. The number of hydrogen-bond acceptors (Lipinski definition) is 1. The van der Waals surface area contributed by atoms with Crippen LogP contribution in [0.2, 0.25) is 0 Å². The molecule has 0 radical (unpaired) electrons. The summed E-state index contributed by atoms with van der Waals surface area (Å²) in [4.78, 5) is 0. The fraction of sp³-hybridized carbons (Fsp3) is 0.571. The molecule has 0 spiro atoms. The Bertz CT molecular complexity index is 337. The van der Waals surface area contributed by atoms with E-state index in [1.54, 1.807) is 0 Å². The molecular formula is C14H23N. The van der Waals surface area contributed by atoms with Gasteiger partial charge in [-0.3, -0.25) is 0 Å². The monoisotopic (exact) mass is 205 g/mol. The van der Waals surface area contributed by atoms with E-state index in [4.69, 9.17) is 5.73 Å². The SMILES string of the molecule is Cc1ccc(C(C)C)cc1C(C)(C)CN. The van der Waals surface area contributed by atoms with Gasteiger partial charge < -0.3 is 5.73 Å². The number of hydrogen-bond donors (Lipinski definition) is 1. The van der Waals surface area contributed by atoms with Crippen LogP contribution in [0.3, 0.4) is 0 Å². The van der Waals surface area contributed by atoms with E-state index < -0.39 is 0 Å². The molecule has 0 aliphatic carbocycles. The van der Waals surface area contributed by atoms with Crippen molar-refractivity contribution >= 4 is 0 Å². The fourth-order valence-corrected chi connectivity index (χ4v) is 1.84. The minimum atomic E-state index is 0.0784. The van der Waals surface area contributed by atoms with Gasteiger partial charge in [0.1, 0.15) is 0 Å². The second-order valence-electron chi connectivity index (χ2n) is 5.32. The van der Waals surface area contributed by atoms with Gasteiger partial charge >= 0.3 is 0 Å². The highest BCUT2D eigenvalue weighted by atomic mass is 14.6. The van der Waals surface area contributed by atoms with Crippen molar-refractivity contribution in [3.05, 3.63) is 34.9 Å². The van der Waals surface area contributed by atoms with Gasteiger partial charge in [0, 0.05) is 12.0 Å². The smallest absolute Gasteiger partial charge is 0.00217 e. The summed E-state index contributed by atoms with van der Waals surface area (Å²) in [7, 11) is 0. The summed E-state index contributed by atoms with van der Waals surface area (Å²) in [6.45, 7) is 11.7. The first-order valence-electron chi connectivity index (χ1n) is 5.69. The highest BCUT2D eigenvalue weighted by molar-refractivity contribution is 5.37. The Labute approximate surface area is 93.7 Å². The van der Waals surface area contributed by atoms with Gasteiger partial charge in [0.25, 0.3) is 0 Å². The summed E-state index contributed by atoms with van der Waals surface area (Å²) in [5.41, 5.74) is 10.0. The maximum atomic E-state index is 5.83. The zero-order valence-corrected chi connectivity index (χ0v) is 10.6. The maximum Gasteiger partial charge on any atom is 0.00217 e. The van der Waals surface area contributed by atoms with Crippen LogP contribution in [0.15, 0.2) is 18.2 Å². The van der Waals surface area contributed by atoms with E-state index in [0.717, 1.165) is 0 Å². The summed E-state index contributed by atoms with van der Waals surface area (Å²) in [5.74, 6) is 0.581. The van der Waals surface area contributed by atoms with Crippen LogP contribution in [0.25, 0.3) is 0 Å². The van der Waals surface area contributed by atoms with Crippen LogP contribution in [0.1, 0.15) is 50.3 Å². The van der Waals surface area contributed by atoms with Gasteiger partial charge in [-0.2, -0.15) is 0 Å². The summed E-state index contributed by atoms with van der Waals surface area (Å²) in [5, 5.41) is 0. The lowest BCUT2D eigenvalue weighted by Crippen LogP contribution is -2.29. The molecule has 0 atom stereocenters. The maximum absolute atomic E-state index is 5.83. The van der Waals surface area contributed by atoms with E-state index >= 15 is 0 Å². The second-order valence-corrected chi connectivity index (χ2v) is 5.32. The van der Waals surface area contributed by atoms with Crippen LogP contribution in [0, 0.1) is 6.92 Å². The molecule has 0 aliphatic rings. The molecule has 0 bridgehead atoms. The lowest BCUT2D eigenvalue weighted by atomic mass is 9.80. The summed E-state index contributed by atoms with van der Waals surface area (Å²) < 4.78 is 0. The van der Waals surface area contributed by atoms with Crippen molar-refractivity contribution in [3.63, 3.8) is 0 Å². The summed E-state index contributed by atoms with van der Waals surface area (Å²) in [6.07, 6.45) is 0. The van der Waals surface area contributed by atoms with Crippen molar-refractivity contribution in [1.29, 1.82) is 0 Å². The number of rotatable bonds is 3. The molecule has 1 nitrogen and oxygen atoms in total. The molecule has 1 rings (SSSR count). The predicted octanol–water partition coefficient (Wildman–Crippen LogP) is 3.35. The molecule has 0 fully saturated rings. The minimum Gasteiger partial charge on any atom is -0.330 e. The largest absolute Gasteiger partial charge is 0.330 e. The molecule has 1 heteroatoms. The molecule has 0 saturated heterocycles. The van der Waals surface area contributed by atoms with E-state index in [9.17, 15) is 0 Å². The molecule has 2 N–H and O–H groups in total. The molecule has 0 aromatic heterocycles. The van der Waals surface area contributed by atoms with Gasteiger partial charge in [0.05, 0.1) is 0 Å². The van der Waals surface area contributed by atoms with Gasteiger partial charge in [0.15, 0.2) is 0 Å². The third-order valence-electron chi connectivity index (χ3n) is 3.17. The average molecular weight is 205 g/mol. The normalized spacial score (nSPS) is 12.2. The van der Waals surface area contributed by atoms with Crippen molar-refractivity contribution in [2.75, 3.05) is 6.54 Å². The number of aryl methyl sites for hydroxylation is 1. The quantitative estimate of drug-likeness (QED) is 0.804. The highest BCUT2D eigenvalue weighted by Crippen LogP contribution is 2.28. The fourth-order valence-electron chi connectivity index (χ4n) is 1.84. The molecule has 0 heterocycles. The molecule has 1 aromatic rings. The zero-order chi connectivity index (χ0) is 11.6. The first kappa shape index (κ1) is 12.3. The minimum absolute atomic E-state index is 0.0784. The van der Waals surface area contributed by atoms with E-state index in [0.29, 0.717) is 12.5 Å². The van der Waals surface area contributed by atoms with Crippen molar-refractivity contribution in [1.82, 2.24) is 0 Å². The Morgan fingerprint density at radius 2 is 1.87 bits per heavy atom. The van der Waals surface area contributed by atoms with Crippen molar-refractivity contribution in [2.24, 2.45) is 5.73 Å². The molecule has 15 heavy (non-hydrogen) atoms. The van der Waals surface area contributed by atoms with Gasteiger partial charge in [-0.15, -0.1) is 0 Å². The van der Waals surface area contributed by atoms with E-state index in [1.807, 2.05) is 0 Å². The van der Waals surface area contributed by atoms with Gasteiger partial charge in [-0.05, 0) is 29.5 Å². The highest BCUT2D eigenvalue weighted by Gasteiger charge is 2.21. The van der Waals surface area contributed by atoms with Crippen LogP contribution in [0.5, 0.6) is 0 Å². The zero-order valence-electron chi connectivity index (χ0n) is 10.6. The molecule has 0 saturated carbocycles. The van der Waals surface area contributed by atoms with E-state index in [2.05, 4.69) is 52.8 Å². The summed E-state index contributed by atoms with van der Waals surface area (Å²) in [6, 6.07) is 6.74. The van der Waals surface area contributed by atoms with Gasteiger partial charge in [0.2, 0.25) is 0 Å². The topological polar surface area (TPSA) is 26.0 Å². The lowest BCUT2D eigenvalue weighted by Gasteiger charge is -2.26. The first-order chi connectivity index (χ1) is 6.88. The lowest BCUT2D eigenvalue weighted by molar-refractivity contribution is 0.534. The van der Waals surface area contributed by atoms with Crippen molar-refractivity contribution in [2.45, 2.75) is 46.0 Å². The van der Waals surface area contributed by atoms with Crippen molar-refractivity contribution in [3.8, 4) is 0 Å². The third-order valence-corrected chi connectivity index (χ3v) is 3.17. The Balaban J connectivity index is 3.22. The Hall–Kier alpha value is -0.820. The Kier molecular flexibility index (Phi) is 3.56. The van der Waals surface area contributed by atoms with Crippen molar-refractivity contribution < 1.29 is 0 Å². The molecular weight excluding hydrogens is 182 g/mol. The standard InChI is InChI=1S/C14H23N/c1-10(2)12-7-6-11(3)13(8-12)14(4,5)9-15/h6-8,10H,9,15H2,1-5H3. The van der Waals surface area contributed by atoms with Crippen LogP contribution < -0.4 is 5.73 Å². The molecule has 0 aliphatic heterocycles. The van der Waals surface area contributed by atoms with Crippen LogP contribution in [-0.2, 0) is 5.41 Å². The average Bonchev–Trinajstić information content (AvgIpc) is 2.17. The summed E-state index contributed by atoms with van der Waals surface area (Å²) >= 11 is 0. The Morgan fingerprint density at radius 3 is 2.33 bits per heavy atom. The number of nitrogens with two attached hydrogens (primary N) is 1. The predicted molar refractivity (Wildman–Crippen MR) is 67.3 cm³/mol. The van der Waals surface area contributed by atoms with E-state index in [-0.39, 0.29) is 5.41 Å². The second kappa shape index (κ2) is 4.36.